The van der Waals surface area contributed by atoms with Gasteiger partial charge < -0.3 is 15.2 Å². The lowest BCUT2D eigenvalue weighted by atomic mass is 10.3. The van der Waals surface area contributed by atoms with E-state index in [-0.39, 0.29) is 32.8 Å². The first kappa shape index (κ1) is 18.6. The molecule has 1 aromatic rings. The van der Waals surface area contributed by atoms with Crippen LogP contribution < -0.4 is 5.32 Å². The van der Waals surface area contributed by atoms with Crippen molar-refractivity contribution in [3.8, 4) is 0 Å². The molecular formula is C13H19N3O6S2. The molecule has 0 aromatic carbocycles. The number of hydrogen-bond donors (Lipinski definition) is 2. The number of imide groups is 1. The Morgan fingerprint density at radius 1 is 1.50 bits per heavy atom. The van der Waals surface area contributed by atoms with Gasteiger partial charge in [0.1, 0.15) is 6.10 Å². The number of nitrogens with one attached hydrogen (secondary N) is 1. The molecule has 0 radical (unpaired) electrons. The summed E-state index contributed by atoms with van der Waals surface area (Å²) >= 11 is 1.44. The molecule has 9 nitrogen and oxygen atoms in total. The van der Waals surface area contributed by atoms with Gasteiger partial charge >= 0.3 is 12.1 Å². The normalized spacial score (nSPS) is 16.5. The average molecular weight is 377 g/mol. The van der Waals surface area contributed by atoms with Gasteiger partial charge in [0.25, 0.3) is 0 Å². The first-order valence-corrected chi connectivity index (χ1v) is 9.90. The Bertz CT molecular complexity index is 676. The Balaban J connectivity index is 1.95. The molecule has 1 atom stereocenters. The van der Waals surface area contributed by atoms with Crippen molar-refractivity contribution in [2.45, 2.75) is 6.10 Å². The van der Waals surface area contributed by atoms with Crippen molar-refractivity contribution in [2.24, 2.45) is 0 Å². The second kappa shape index (κ2) is 7.92. The third-order valence-electron chi connectivity index (χ3n) is 3.33. The second-order valence-electron chi connectivity index (χ2n) is 5.05. The van der Waals surface area contributed by atoms with Crippen LogP contribution in [-0.4, -0.2) is 73.9 Å². The van der Waals surface area contributed by atoms with Gasteiger partial charge in [0, 0.05) is 4.88 Å². The summed E-state index contributed by atoms with van der Waals surface area (Å²) in [7, 11) is -3.69. The highest BCUT2D eigenvalue weighted by atomic mass is 32.2. The molecule has 0 unspecified atom stereocenters. The molecule has 1 saturated heterocycles. The molecule has 1 aliphatic heterocycles. The number of hydrogen-bond acceptors (Lipinski definition) is 7. The highest BCUT2D eigenvalue weighted by Crippen LogP contribution is 2.22. The Hall–Kier alpha value is -1.69. The molecule has 134 valence electrons. The first-order chi connectivity index (χ1) is 11.3. The molecule has 24 heavy (non-hydrogen) atoms. The van der Waals surface area contributed by atoms with Gasteiger partial charge in [-0.3, -0.25) is 0 Å². The molecule has 2 rings (SSSR count). The quantitative estimate of drug-likeness (QED) is 0.701. The largest absolute Gasteiger partial charge is 0.394 e. The first-order valence-electron chi connectivity index (χ1n) is 7.17. The van der Waals surface area contributed by atoms with E-state index in [1.807, 2.05) is 17.5 Å². The SMILES string of the molecule is CS(=O)(=O)N1CCN(C(=O)NC[C@@H](OCCO)c2cccs2)C1=O. The number of carbonyl (C=O) groups excluding carboxylic acids is 2. The Morgan fingerprint density at radius 3 is 2.79 bits per heavy atom. The maximum Gasteiger partial charge on any atom is 0.341 e. The minimum absolute atomic E-state index is 0.00109. The van der Waals surface area contributed by atoms with Crippen molar-refractivity contribution in [2.75, 3.05) is 39.1 Å². The highest BCUT2D eigenvalue weighted by molar-refractivity contribution is 7.88. The molecule has 1 aliphatic rings. The van der Waals surface area contributed by atoms with E-state index in [1.54, 1.807) is 0 Å². The zero-order valence-electron chi connectivity index (χ0n) is 13.0. The molecule has 0 aliphatic carbocycles. The lowest BCUT2D eigenvalue weighted by Gasteiger charge is -2.20. The monoisotopic (exact) mass is 377 g/mol. The fraction of sp³-hybridized carbons (Fsp3) is 0.538. The molecular weight excluding hydrogens is 358 g/mol. The smallest absolute Gasteiger partial charge is 0.341 e. The molecule has 1 fully saturated rings. The lowest BCUT2D eigenvalue weighted by molar-refractivity contribution is 0.0309. The van der Waals surface area contributed by atoms with Crippen molar-refractivity contribution in [1.82, 2.24) is 14.5 Å². The molecule has 0 saturated carbocycles. The predicted molar refractivity (Wildman–Crippen MR) is 87.1 cm³/mol. The number of sulfonamides is 1. The van der Waals surface area contributed by atoms with Crippen LogP contribution in [0, 0.1) is 0 Å². The van der Waals surface area contributed by atoms with E-state index in [9.17, 15) is 18.0 Å². The minimum atomic E-state index is -3.69. The van der Waals surface area contributed by atoms with Gasteiger partial charge in [0.15, 0.2) is 0 Å². The summed E-state index contributed by atoms with van der Waals surface area (Å²) in [5, 5.41) is 13.3. The molecule has 0 bridgehead atoms. The van der Waals surface area contributed by atoms with E-state index in [1.165, 1.54) is 11.3 Å². The van der Waals surface area contributed by atoms with Crippen molar-refractivity contribution < 1.29 is 27.9 Å². The maximum atomic E-state index is 12.1. The number of carbonyl (C=O) groups is 2. The number of rotatable bonds is 7. The van der Waals surface area contributed by atoms with Crippen LogP contribution in [0.5, 0.6) is 0 Å². The van der Waals surface area contributed by atoms with Crippen molar-refractivity contribution >= 4 is 33.4 Å². The minimum Gasteiger partial charge on any atom is -0.394 e. The number of aliphatic hydroxyl groups is 1. The number of urea groups is 2. The third-order valence-corrected chi connectivity index (χ3v) is 5.43. The average Bonchev–Trinajstić information content (AvgIpc) is 3.16. The summed E-state index contributed by atoms with van der Waals surface area (Å²) in [6.45, 7) is 0.00798. The van der Waals surface area contributed by atoms with Crippen molar-refractivity contribution in [3.05, 3.63) is 22.4 Å². The molecule has 2 N–H and O–H groups in total. The summed E-state index contributed by atoms with van der Waals surface area (Å²) in [5.41, 5.74) is 0. The summed E-state index contributed by atoms with van der Waals surface area (Å²) in [6.07, 6.45) is 0.465. The number of thiophene rings is 1. The molecule has 1 aromatic heterocycles. The standard InChI is InChI=1S/C13H19N3O6S2/c1-24(20,21)16-5-4-15(13(16)19)12(18)14-9-10(22-7-6-17)11-3-2-8-23-11/h2-3,8,10,17H,4-7,9H2,1H3,(H,14,18)/t10-/m1/s1. The van der Waals surface area contributed by atoms with E-state index >= 15 is 0 Å². The Labute approximate surface area is 143 Å². The van der Waals surface area contributed by atoms with Gasteiger partial charge in [-0.25, -0.2) is 27.2 Å². The third kappa shape index (κ3) is 4.44. The number of nitrogens with zero attached hydrogens (tertiary/aromatic N) is 2. The van der Waals surface area contributed by atoms with Gasteiger partial charge in [-0.1, -0.05) is 6.07 Å². The van der Waals surface area contributed by atoms with Crippen molar-refractivity contribution in [3.63, 3.8) is 0 Å². The van der Waals surface area contributed by atoms with Gasteiger partial charge in [-0.05, 0) is 11.4 Å². The Kier molecular flexibility index (Phi) is 6.15. The highest BCUT2D eigenvalue weighted by Gasteiger charge is 2.38. The molecule has 11 heteroatoms. The zero-order chi connectivity index (χ0) is 17.7. The van der Waals surface area contributed by atoms with Gasteiger partial charge in [0.05, 0.1) is 39.1 Å². The second-order valence-corrected chi connectivity index (χ2v) is 7.94. The van der Waals surface area contributed by atoms with Gasteiger partial charge in [0.2, 0.25) is 10.0 Å². The fourth-order valence-corrected chi connectivity index (χ4v) is 3.77. The van der Waals surface area contributed by atoms with E-state index in [0.29, 0.717) is 4.31 Å². The number of amides is 4. The van der Waals surface area contributed by atoms with Crippen LogP contribution in [0.15, 0.2) is 17.5 Å². The lowest BCUT2D eigenvalue weighted by Crippen LogP contribution is -2.44. The summed E-state index contributed by atoms with van der Waals surface area (Å²) in [5.74, 6) is 0. The summed E-state index contributed by atoms with van der Waals surface area (Å²) in [4.78, 5) is 25.9. The summed E-state index contributed by atoms with van der Waals surface area (Å²) < 4.78 is 29.1. The van der Waals surface area contributed by atoms with Crippen LogP contribution >= 0.6 is 11.3 Å². The van der Waals surface area contributed by atoms with E-state index in [0.717, 1.165) is 16.0 Å². The number of aliphatic hydroxyl groups excluding tert-OH is 1. The van der Waals surface area contributed by atoms with E-state index in [4.69, 9.17) is 9.84 Å². The topological polar surface area (TPSA) is 116 Å². The predicted octanol–water partition coefficient (Wildman–Crippen LogP) is 0.205. The molecule has 0 spiro atoms. The number of ether oxygens (including phenoxy) is 1. The van der Waals surface area contributed by atoms with Crippen LogP contribution in [0.3, 0.4) is 0 Å². The summed E-state index contributed by atoms with van der Waals surface area (Å²) in [6, 6.07) is 2.13. The van der Waals surface area contributed by atoms with Gasteiger partial charge in [-0.2, -0.15) is 0 Å². The van der Waals surface area contributed by atoms with E-state index < -0.39 is 28.2 Å². The zero-order valence-corrected chi connectivity index (χ0v) is 14.7. The van der Waals surface area contributed by atoms with Crippen LogP contribution in [-0.2, 0) is 14.8 Å². The van der Waals surface area contributed by atoms with Gasteiger partial charge in [-0.15, -0.1) is 11.3 Å². The van der Waals surface area contributed by atoms with Crippen LogP contribution in [0.1, 0.15) is 11.0 Å². The van der Waals surface area contributed by atoms with Crippen LogP contribution in [0.2, 0.25) is 0 Å². The molecule has 4 amide bonds. The Morgan fingerprint density at radius 2 is 2.25 bits per heavy atom. The van der Waals surface area contributed by atoms with Crippen molar-refractivity contribution in [1.29, 1.82) is 0 Å². The maximum absolute atomic E-state index is 12.1. The van der Waals surface area contributed by atoms with E-state index in [2.05, 4.69) is 5.32 Å². The van der Waals surface area contributed by atoms with Crippen LogP contribution in [0.25, 0.3) is 0 Å². The van der Waals surface area contributed by atoms with Crippen LogP contribution in [0.4, 0.5) is 9.59 Å². The molecule has 2 heterocycles. The fourth-order valence-electron chi connectivity index (χ4n) is 2.20.